The van der Waals surface area contributed by atoms with Crippen LogP contribution in [-0.4, -0.2) is 21.8 Å². The van der Waals surface area contributed by atoms with Crippen molar-refractivity contribution in [3.8, 4) is 5.75 Å². The molecule has 2 aromatic rings. The summed E-state index contributed by atoms with van der Waals surface area (Å²) in [5, 5.41) is 8.36. The molecule has 1 atom stereocenters. The van der Waals surface area contributed by atoms with Crippen LogP contribution in [0.25, 0.3) is 0 Å². The topological polar surface area (TPSA) is 56.1 Å². The highest BCUT2D eigenvalue weighted by Crippen LogP contribution is 2.32. The first-order valence-electron chi connectivity index (χ1n) is 8.43. The van der Waals surface area contributed by atoms with Gasteiger partial charge in [-0.05, 0) is 44.9 Å². The molecule has 0 bridgehead atoms. The van der Waals surface area contributed by atoms with Crippen LogP contribution in [-0.2, 0) is 4.79 Å². The van der Waals surface area contributed by atoms with E-state index in [1.54, 1.807) is 25.1 Å². The summed E-state index contributed by atoms with van der Waals surface area (Å²) >= 11 is 12.0. The van der Waals surface area contributed by atoms with Crippen molar-refractivity contribution in [2.75, 3.05) is 5.32 Å². The van der Waals surface area contributed by atoms with E-state index >= 15 is 0 Å². The van der Waals surface area contributed by atoms with Gasteiger partial charge in [0.25, 0.3) is 5.91 Å². The number of nitrogens with one attached hydrogen (secondary N) is 1. The molecule has 25 heavy (non-hydrogen) atoms. The van der Waals surface area contributed by atoms with Crippen LogP contribution in [0.5, 0.6) is 5.75 Å². The van der Waals surface area contributed by atoms with Crippen molar-refractivity contribution in [2.45, 2.75) is 51.7 Å². The van der Waals surface area contributed by atoms with Gasteiger partial charge >= 0.3 is 0 Å². The van der Waals surface area contributed by atoms with Crippen molar-refractivity contribution < 1.29 is 9.53 Å². The molecule has 1 amide bonds. The van der Waals surface area contributed by atoms with Gasteiger partial charge in [-0.3, -0.25) is 4.79 Å². The molecule has 1 heterocycles. The number of carbonyl (C=O) groups is 1. The van der Waals surface area contributed by atoms with Crippen LogP contribution >= 0.6 is 23.2 Å². The van der Waals surface area contributed by atoms with Gasteiger partial charge < -0.3 is 10.1 Å². The Labute approximate surface area is 157 Å². The van der Waals surface area contributed by atoms with Crippen molar-refractivity contribution in [3.05, 3.63) is 40.0 Å². The molecule has 1 aliphatic rings. The van der Waals surface area contributed by atoms with Crippen LogP contribution in [0.15, 0.2) is 24.3 Å². The number of rotatable bonds is 5. The van der Waals surface area contributed by atoms with Crippen molar-refractivity contribution in [1.82, 2.24) is 9.78 Å². The number of aromatic nitrogens is 2. The maximum atomic E-state index is 12.5. The van der Waals surface area contributed by atoms with Crippen molar-refractivity contribution >= 4 is 34.9 Å². The molecule has 5 nitrogen and oxygen atoms in total. The fourth-order valence-electron chi connectivity index (χ4n) is 3.08. The highest BCUT2D eigenvalue weighted by Gasteiger charge is 2.23. The zero-order valence-corrected chi connectivity index (χ0v) is 15.8. The summed E-state index contributed by atoms with van der Waals surface area (Å²) < 4.78 is 7.61. The molecule has 0 radical (unpaired) electrons. The second-order valence-corrected chi connectivity index (χ2v) is 7.22. The smallest absolute Gasteiger partial charge is 0.266 e. The molecule has 0 saturated heterocycles. The van der Waals surface area contributed by atoms with Gasteiger partial charge in [0.2, 0.25) is 0 Å². The minimum Gasteiger partial charge on any atom is -0.479 e. The SMILES string of the molecule is Cc1cc(NC(=O)C(C)Oc2ccc(Cl)cc2Cl)n(C2CCCC2)n1. The lowest BCUT2D eigenvalue weighted by molar-refractivity contribution is -0.122. The Kier molecular flexibility index (Phi) is 5.54. The average Bonchev–Trinajstić information content (AvgIpc) is 3.19. The van der Waals surface area contributed by atoms with Crippen LogP contribution in [0.4, 0.5) is 5.82 Å². The monoisotopic (exact) mass is 381 g/mol. The predicted molar refractivity (Wildman–Crippen MR) is 99.7 cm³/mol. The minimum atomic E-state index is -0.703. The fourth-order valence-corrected chi connectivity index (χ4v) is 3.53. The minimum absolute atomic E-state index is 0.245. The van der Waals surface area contributed by atoms with Gasteiger partial charge in [-0.1, -0.05) is 36.0 Å². The highest BCUT2D eigenvalue weighted by atomic mass is 35.5. The molecule has 1 aromatic carbocycles. The molecule has 1 unspecified atom stereocenters. The zero-order chi connectivity index (χ0) is 18.0. The second-order valence-electron chi connectivity index (χ2n) is 6.38. The fraction of sp³-hybridized carbons (Fsp3) is 0.444. The van der Waals surface area contributed by atoms with E-state index in [2.05, 4.69) is 10.4 Å². The summed E-state index contributed by atoms with van der Waals surface area (Å²) in [4.78, 5) is 12.5. The normalized spacial score (nSPS) is 16.0. The Morgan fingerprint density at radius 3 is 2.72 bits per heavy atom. The molecule has 134 valence electrons. The molecule has 1 fully saturated rings. The van der Waals surface area contributed by atoms with Gasteiger partial charge in [0.15, 0.2) is 6.10 Å². The summed E-state index contributed by atoms with van der Waals surface area (Å²) in [7, 11) is 0. The summed E-state index contributed by atoms with van der Waals surface area (Å²) in [5.74, 6) is 0.895. The van der Waals surface area contributed by atoms with Gasteiger partial charge in [-0.25, -0.2) is 4.68 Å². The summed E-state index contributed by atoms with van der Waals surface area (Å²) in [6.07, 6.45) is 3.88. The molecule has 3 rings (SSSR count). The van der Waals surface area contributed by atoms with Gasteiger partial charge in [-0.15, -0.1) is 0 Å². The van der Waals surface area contributed by atoms with Gasteiger partial charge in [0, 0.05) is 11.1 Å². The van der Waals surface area contributed by atoms with Gasteiger partial charge in [-0.2, -0.15) is 5.10 Å². The maximum Gasteiger partial charge on any atom is 0.266 e. The van der Waals surface area contributed by atoms with E-state index in [1.807, 2.05) is 17.7 Å². The first-order chi connectivity index (χ1) is 11.9. The molecule has 7 heteroatoms. The lowest BCUT2D eigenvalue weighted by atomic mass is 10.2. The molecule has 1 saturated carbocycles. The Morgan fingerprint density at radius 2 is 2.04 bits per heavy atom. The number of nitrogens with zero attached hydrogens (tertiary/aromatic N) is 2. The maximum absolute atomic E-state index is 12.5. The largest absolute Gasteiger partial charge is 0.479 e. The zero-order valence-electron chi connectivity index (χ0n) is 14.3. The van der Waals surface area contributed by atoms with E-state index in [4.69, 9.17) is 27.9 Å². The molecular formula is C18H21Cl2N3O2. The summed E-state index contributed by atoms with van der Waals surface area (Å²) in [5.41, 5.74) is 0.886. The summed E-state index contributed by atoms with van der Waals surface area (Å²) in [6.45, 7) is 3.61. The number of amides is 1. The van der Waals surface area contributed by atoms with Crippen molar-refractivity contribution in [3.63, 3.8) is 0 Å². The Balaban J connectivity index is 1.69. The standard InChI is InChI=1S/C18H21Cl2N3O2/c1-11-9-17(23(22-11)14-5-3-4-6-14)21-18(24)12(2)25-16-8-7-13(19)10-15(16)20/h7-10,12,14H,3-6H2,1-2H3,(H,21,24). The molecule has 0 spiro atoms. The van der Waals surface area contributed by atoms with E-state index in [1.165, 1.54) is 12.8 Å². The molecule has 1 aliphatic carbocycles. The van der Waals surface area contributed by atoms with E-state index < -0.39 is 6.10 Å². The predicted octanol–water partition coefficient (Wildman–Crippen LogP) is 5.02. The number of aryl methyl sites for hydroxylation is 1. The molecule has 1 aromatic heterocycles. The number of anilines is 1. The molecule has 1 N–H and O–H groups in total. The van der Waals surface area contributed by atoms with Gasteiger partial charge in [0.05, 0.1) is 16.8 Å². The first kappa shape index (κ1) is 18.1. The third kappa shape index (κ3) is 4.28. The average molecular weight is 382 g/mol. The Bertz CT molecular complexity index is 770. The van der Waals surface area contributed by atoms with E-state index in [-0.39, 0.29) is 5.91 Å². The van der Waals surface area contributed by atoms with Crippen molar-refractivity contribution in [1.29, 1.82) is 0 Å². The number of ether oxygens (including phenoxy) is 1. The van der Waals surface area contributed by atoms with E-state index in [9.17, 15) is 4.79 Å². The lowest BCUT2D eigenvalue weighted by Crippen LogP contribution is -2.31. The van der Waals surface area contributed by atoms with Gasteiger partial charge in [0.1, 0.15) is 11.6 Å². The first-order valence-corrected chi connectivity index (χ1v) is 9.18. The number of hydrogen-bond donors (Lipinski definition) is 1. The van der Waals surface area contributed by atoms with Crippen LogP contribution < -0.4 is 10.1 Å². The van der Waals surface area contributed by atoms with E-state index in [0.717, 1.165) is 18.5 Å². The molecule has 0 aliphatic heterocycles. The summed E-state index contributed by atoms with van der Waals surface area (Å²) in [6, 6.07) is 7.15. The van der Waals surface area contributed by atoms with Crippen molar-refractivity contribution in [2.24, 2.45) is 0 Å². The van der Waals surface area contributed by atoms with Crippen LogP contribution in [0, 0.1) is 6.92 Å². The van der Waals surface area contributed by atoms with Crippen LogP contribution in [0.1, 0.15) is 44.3 Å². The van der Waals surface area contributed by atoms with Crippen LogP contribution in [0.3, 0.4) is 0 Å². The third-order valence-corrected chi connectivity index (χ3v) is 4.88. The number of benzene rings is 1. The van der Waals surface area contributed by atoms with E-state index in [0.29, 0.717) is 27.7 Å². The third-order valence-electron chi connectivity index (χ3n) is 4.35. The number of carbonyl (C=O) groups excluding carboxylic acids is 1. The number of hydrogen-bond acceptors (Lipinski definition) is 3. The molecular weight excluding hydrogens is 361 g/mol. The number of halogens is 2. The quantitative estimate of drug-likeness (QED) is 0.790. The Morgan fingerprint density at radius 1 is 1.32 bits per heavy atom. The Hall–Kier alpha value is -1.72. The lowest BCUT2D eigenvalue weighted by Gasteiger charge is -2.18. The van der Waals surface area contributed by atoms with Crippen LogP contribution in [0.2, 0.25) is 10.0 Å². The highest BCUT2D eigenvalue weighted by molar-refractivity contribution is 6.35. The second kappa shape index (κ2) is 7.67.